The van der Waals surface area contributed by atoms with E-state index in [1.165, 1.54) is 0 Å². The molecule has 0 aromatic carbocycles. The molecule has 5 nitrogen and oxygen atoms in total. The van der Waals surface area contributed by atoms with Gasteiger partial charge in [0.2, 0.25) is 5.91 Å². The second-order valence-corrected chi connectivity index (χ2v) is 4.73. The average Bonchev–Trinajstić information content (AvgIpc) is 1.96. The molecule has 1 fully saturated rings. The van der Waals surface area contributed by atoms with E-state index in [1.807, 2.05) is 18.7 Å². The van der Waals surface area contributed by atoms with Crippen LogP contribution in [0.4, 0.5) is 0 Å². The summed E-state index contributed by atoms with van der Waals surface area (Å²) < 4.78 is 0. The maximum absolute atomic E-state index is 11.5. The number of carbonyl (C=O) groups excluding carboxylic acids is 1. The number of carboxylic acid groups (broad SMARTS) is 1. The molecule has 0 saturated heterocycles. The zero-order valence-corrected chi connectivity index (χ0v) is 10.1. The fraction of sp³-hybridized carbons (Fsp3) is 0.818. The number of carbonyl (C=O) groups is 2. The Morgan fingerprint density at radius 1 is 1.44 bits per heavy atom. The molecule has 0 aromatic heterocycles. The standard InChI is InChI=1S/C11H20N2O3/c1-7(2)12-10(14)6-13(3)9-5-4-8(9)11(15)16/h7-9H,4-6H2,1-3H3,(H,12,14)(H,15,16). The Bertz CT molecular complexity index is 278. The fourth-order valence-electron chi connectivity index (χ4n) is 2.01. The van der Waals surface area contributed by atoms with Crippen molar-refractivity contribution in [2.75, 3.05) is 13.6 Å². The van der Waals surface area contributed by atoms with Gasteiger partial charge < -0.3 is 10.4 Å². The summed E-state index contributed by atoms with van der Waals surface area (Å²) in [7, 11) is 1.81. The number of hydrogen-bond donors (Lipinski definition) is 2. The lowest BCUT2D eigenvalue weighted by Gasteiger charge is -2.39. The van der Waals surface area contributed by atoms with Gasteiger partial charge in [-0.1, -0.05) is 0 Å². The Balaban J connectivity index is 2.38. The largest absolute Gasteiger partial charge is 0.481 e. The van der Waals surface area contributed by atoms with E-state index < -0.39 is 5.97 Å². The molecule has 2 atom stereocenters. The molecule has 1 saturated carbocycles. The van der Waals surface area contributed by atoms with Gasteiger partial charge in [-0.25, -0.2) is 0 Å². The van der Waals surface area contributed by atoms with Crippen LogP contribution in [0.15, 0.2) is 0 Å². The van der Waals surface area contributed by atoms with Gasteiger partial charge in [0.05, 0.1) is 12.5 Å². The summed E-state index contributed by atoms with van der Waals surface area (Å²) in [6.45, 7) is 4.08. The minimum absolute atomic E-state index is 0.00964. The predicted molar refractivity (Wildman–Crippen MR) is 60.1 cm³/mol. The van der Waals surface area contributed by atoms with E-state index in [-0.39, 0.29) is 30.5 Å². The summed E-state index contributed by atoms with van der Waals surface area (Å²) in [5.74, 6) is -1.11. The monoisotopic (exact) mass is 228 g/mol. The lowest BCUT2D eigenvalue weighted by Crippen LogP contribution is -2.51. The van der Waals surface area contributed by atoms with Gasteiger partial charge in [0.15, 0.2) is 0 Å². The van der Waals surface area contributed by atoms with E-state index in [9.17, 15) is 9.59 Å². The first-order chi connectivity index (χ1) is 7.41. The normalized spacial score (nSPS) is 24.3. The van der Waals surface area contributed by atoms with Gasteiger partial charge in [-0.15, -0.1) is 0 Å². The van der Waals surface area contributed by atoms with Crippen LogP contribution in [-0.2, 0) is 9.59 Å². The van der Waals surface area contributed by atoms with E-state index in [4.69, 9.17) is 5.11 Å². The molecule has 0 heterocycles. The summed E-state index contributed by atoms with van der Waals surface area (Å²) in [4.78, 5) is 24.2. The lowest BCUT2D eigenvalue weighted by atomic mass is 9.79. The van der Waals surface area contributed by atoms with E-state index in [2.05, 4.69) is 5.32 Å². The number of aliphatic carboxylic acids is 1. The Hall–Kier alpha value is -1.10. The smallest absolute Gasteiger partial charge is 0.308 e. The fourth-order valence-corrected chi connectivity index (χ4v) is 2.01. The molecule has 1 rings (SSSR count). The molecule has 0 spiro atoms. The van der Waals surface area contributed by atoms with Crippen LogP contribution < -0.4 is 5.32 Å². The number of hydrogen-bond acceptors (Lipinski definition) is 3. The van der Waals surface area contributed by atoms with Crippen molar-refractivity contribution < 1.29 is 14.7 Å². The Morgan fingerprint density at radius 2 is 2.06 bits per heavy atom. The molecule has 0 aromatic rings. The van der Waals surface area contributed by atoms with Gasteiger partial charge in [-0.05, 0) is 33.7 Å². The van der Waals surface area contributed by atoms with Crippen LogP contribution in [-0.4, -0.2) is 47.6 Å². The second-order valence-electron chi connectivity index (χ2n) is 4.73. The number of nitrogens with one attached hydrogen (secondary N) is 1. The minimum Gasteiger partial charge on any atom is -0.481 e. The van der Waals surface area contributed by atoms with Crippen molar-refractivity contribution >= 4 is 11.9 Å². The van der Waals surface area contributed by atoms with Gasteiger partial charge in [-0.3, -0.25) is 14.5 Å². The van der Waals surface area contributed by atoms with Gasteiger partial charge in [0.25, 0.3) is 0 Å². The zero-order chi connectivity index (χ0) is 12.3. The number of likely N-dealkylation sites (N-methyl/N-ethyl adjacent to an activating group) is 1. The first-order valence-corrected chi connectivity index (χ1v) is 5.64. The van der Waals surface area contributed by atoms with Crippen molar-refractivity contribution in [1.29, 1.82) is 0 Å². The van der Waals surface area contributed by atoms with Crippen LogP contribution in [0.1, 0.15) is 26.7 Å². The highest BCUT2D eigenvalue weighted by Crippen LogP contribution is 2.31. The summed E-state index contributed by atoms with van der Waals surface area (Å²) in [5, 5.41) is 11.7. The summed E-state index contributed by atoms with van der Waals surface area (Å²) in [5.41, 5.74) is 0. The van der Waals surface area contributed by atoms with E-state index >= 15 is 0 Å². The molecule has 0 radical (unpaired) electrons. The molecule has 16 heavy (non-hydrogen) atoms. The van der Waals surface area contributed by atoms with Gasteiger partial charge in [0, 0.05) is 12.1 Å². The van der Waals surface area contributed by atoms with Gasteiger partial charge in [0.1, 0.15) is 0 Å². The highest BCUT2D eigenvalue weighted by Gasteiger charge is 2.39. The Kier molecular flexibility index (Phi) is 4.29. The number of carboxylic acids is 1. The summed E-state index contributed by atoms with van der Waals surface area (Å²) in [6, 6.07) is 0.132. The second kappa shape index (κ2) is 5.30. The number of nitrogens with zero attached hydrogens (tertiary/aromatic N) is 1. The molecule has 0 aliphatic heterocycles. The summed E-state index contributed by atoms with van der Waals surface area (Å²) >= 11 is 0. The highest BCUT2D eigenvalue weighted by atomic mass is 16.4. The van der Waals surface area contributed by atoms with Crippen molar-refractivity contribution in [1.82, 2.24) is 10.2 Å². The molecule has 1 amide bonds. The third-order valence-electron chi connectivity index (χ3n) is 2.96. The molecule has 2 N–H and O–H groups in total. The minimum atomic E-state index is -0.757. The first kappa shape index (κ1) is 13.0. The van der Waals surface area contributed by atoms with Crippen molar-refractivity contribution in [3.8, 4) is 0 Å². The highest BCUT2D eigenvalue weighted by molar-refractivity contribution is 5.78. The van der Waals surface area contributed by atoms with Crippen molar-refractivity contribution in [2.45, 2.75) is 38.8 Å². The van der Waals surface area contributed by atoms with E-state index in [0.717, 1.165) is 12.8 Å². The van der Waals surface area contributed by atoms with Crippen LogP contribution in [0, 0.1) is 5.92 Å². The topological polar surface area (TPSA) is 69.6 Å². The van der Waals surface area contributed by atoms with Crippen LogP contribution in [0.5, 0.6) is 0 Å². The number of amides is 1. The van der Waals surface area contributed by atoms with Gasteiger partial charge >= 0.3 is 5.97 Å². The third-order valence-corrected chi connectivity index (χ3v) is 2.96. The molecule has 1 aliphatic carbocycles. The van der Waals surface area contributed by atoms with E-state index in [0.29, 0.717) is 0 Å². The number of rotatable bonds is 5. The van der Waals surface area contributed by atoms with E-state index in [1.54, 1.807) is 7.05 Å². The molecule has 0 bridgehead atoms. The first-order valence-electron chi connectivity index (χ1n) is 5.64. The van der Waals surface area contributed by atoms with Gasteiger partial charge in [-0.2, -0.15) is 0 Å². The molecule has 5 heteroatoms. The molecular formula is C11H20N2O3. The predicted octanol–water partition coefficient (Wildman–Crippen LogP) is 0.306. The maximum Gasteiger partial charge on any atom is 0.308 e. The van der Waals surface area contributed by atoms with Crippen LogP contribution in [0.25, 0.3) is 0 Å². The average molecular weight is 228 g/mol. The van der Waals surface area contributed by atoms with Crippen molar-refractivity contribution in [2.24, 2.45) is 5.92 Å². The van der Waals surface area contributed by atoms with Crippen LogP contribution in [0.3, 0.4) is 0 Å². The molecular weight excluding hydrogens is 208 g/mol. The molecule has 92 valence electrons. The van der Waals surface area contributed by atoms with Crippen molar-refractivity contribution in [3.63, 3.8) is 0 Å². The Morgan fingerprint density at radius 3 is 2.44 bits per heavy atom. The Labute approximate surface area is 95.8 Å². The summed E-state index contributed by atoms with van der Waals surface area (Å²) in [6.07, 6.45) is 1.58. The van der Waals surface area contributed by atoms with Crippen LogP contribution in [0.2, 0.25) is 0 Å². The third kappa shape index (κ3) is 3.20. The van der Waals surface area contributed by atoms with Crippen LogP contribution >= 0.6 is 0 Å². The SMILES string of the molecule is CC(C)NC(=O)CN(C)C1CCC1C(=O)O. The quantitative estimate of drug-likeness (QED) is 0.710. The molecule has 1 aliphatic rings. The zero-order valence-electron chi connectivity index (χ0n) is 10.1. The van der Waals surface area contributed by atoms with Crippen molar-refractivity contribution in [3.05, 3.63) is 0 Å². The lowest BCUT2D eigenvalue weighted by molar-refractivity contribution is -0.149. The molecule has 2 unspecified atom stereocenters. The maximum atomic E-state index is 11.5.